The van der Waals surface area contributed by atoms with Crippen molar-refractivity contribution in [2.75, 3.05) is 0 Å². The van der Waals surface area contributed by atoms with E-state index >= 15 is 0 Å². The van der Waals surface area contributed by atoms with Crippen LogP contribution in [0.25, 0.3) is 11.0 Å². The summed E-state index contributed by atoms with van der Waals surface area (Å²) in [6.45, 7) is 1.85. The lowest BCUT2D eigenvalue weighted by atomic mass is 10.0. The van der Waals surface area contributed by atoms with Crippen LogP contribution < -0.4 is 0 Å². The highest BCUT2D eigenvalue weighted by atomic mass is 32.2. The van der Waals surface area contributed by atoms with Gasteiger partial charge in [0.15, 0.2) is 10.9 Å². The molecule has 2 aliphatic carbocycles. The number of aromatic nitrogens is 2. The molecule has 0 radical (unpaired) electrons. The van der Waals surface area contributed by atoms with Gasteiger partial charge >= 0.3 is 6.18 Å². The van der Waals surface area contributed by atoms with Crippen LogP contribution in [0.15, 0.2) is 41.6 Å². The van der Waals surface area contributed by atoms with Crippen molar-refractivity contribution in [2.45, 2.75) is 61.7 Å². The fourth-order valence-corrected chi connectivity index (χ4v) is 5.26. The number of alkyl halides is 3. The number of aryl methyl sites for hydroxylation is 2. The van der Waals surface area contributed by atoms with E-state index in [1.54, 1.807) is 0 Å². The highest BCUT2D eigenvalue weighted by molar-refractivity contribution is 8.00. The number of Topliss-reactive ketones (excluding diaryl/α,β-unsaturated/α-hetero) is 1. The molecule has 2 aromatic carbocycles. The molecule has 1 atom stereocenters. The van der Waals surface area contributed by atoms with Gasteiger partial charge in [-0.1, -0.05) is 23.9 Å². The first kappa shape index (κ1) is 19.7. The van der Waals surface area contributed by atoms with Gasteiger partial charge in [0.1, 0.15) is 0 Å². The summed E-state index contributed by atoms with van der Waals surface area (Å²) in [6.07, 6.45) is 0.765. The minimum Gasteiger partial charge on any atom is -0.316 e. The Morgan fingerprint density at radius 3 is 2.63 bits per heavy atom. The van der Waals surface area contributed by atoms with E-state index in [-0.39, 0.29) is 17.1 Å². The number of fused-ring (bicyclic) bond motifs is 2. The van der Waals surface area contributed by atoms with Gasteiger partial charge in [0.2, 0.25) is 0 Å². The van der Waals surface area contributed by atoms with E-state index in [9.17, 15) is 18.0 Å². The molecular formula is C23H21F3N2OS. The van der Waals surface area contributed by atoms with E-state index in [0.29, 0.717) is 21.8 Å². The number of ketones is 1. The molecule has 5 rings (SSSR count). The molecule has 0 N–H and O–H groups in total. The summed E-state index contributed by atoms with van der Waals surface area (Å²) < 4.78 is 41.3. The highest BCUT2D eigenvalue weighted by Crippen LogP contribution is 2.43. The molecule has 2 aliphatic rings. The molecule has 30 heavy (non-hydrogen) atoms. The fourth-order valence-electron chi connectivity index (χ4n) is 4.19. The van der Waals surface area contributed by atoms with Crippen LogP contribution in [0, 0.1) is 0 Å². The summed E-state index contributed by atoms with van der Waals surface area (Å²) in [5.74, 6) is 0.0279. The second-order valence-corrected chi connectivity index (χ2v) is 9.47. The lowest BCUT2D eigenvalue weighted by molar-refractivity contribution is -0.137. The summed E-state index contributed by atoms with van der Waals surface area (Å²) in [5, 5.41) is 0.245. The lowest BCUT2D eigenvalue weighted by Crippen LogP contribution is -2.15. The van der Waals surface area contributed by atoms with E-state index in [0.717, 1.165) is 44.2 Å². The van der Waals surface area contributed by atoms with Crippen molar-refractivity contribution in [3.05, 3.63) is 58.7 Å². The number of halogens is 3. The lowest BCUT2D eigenvalue weighted by Gasteiger charge is -2.13. The van der Waals surface area contributed by atoms with Crippen molar-refractivity contribution in [1.29, 1.82) is 0 Å². The third-order valence-electron chi connectivity index (χ3n) is 5.93. The van der Waals surface area contributed by atoms with E-state index in [1.807, 2.05) is 29.7 Å². The molecule has 1 saturated carbocycles. The second-order valence-electron chi connectivity index (χ2n) is 8.16. The first-order valence-electron chi connectivity index (χ1n) is 10.2. The Hall–Kier alpha value is -2.28. The van der Waals surface area contributed by atoms with Crippen molar-refractivity contribution in [3.63, 3.8) is 0 Å². The van der Waals surface area contributed by atoms with Gasteiger partial charge in [0.05, 0.1) is 21.8 Å². The number of hydrogen-bond donors (Lipinski definition) is 0. The number of hydrogen-bond acceptors (Lipinski definition) is 3. The minimum absolute atomic E-state index is 0.0279. The number of nitrogens with zero attached hydrogens (tertiary/aromatic N) is 2. The average molecular weight is 430 g/mol. The normalized spacial score (nSPS) is 17.3. The molecule has 0 bridgehead atoms. The molecule has 0 amide bonds. The number of benzene rings is 2. The van der Waals surface area contributed by atoms with E-state index in [1.165, 1.54) is 29.0 Å². The van der Waals surface area contributed by atoms with Crippen LogP contribution in [0.4, 0.5) is 13.2 Å². The molecule has 0 aliphatic heterocycles. The summed E-state index contributed by atoms with van der Waals surface area (Å²) >= 11 is 1.33. The number of thioether (sulfide) groups is 1. The predicted molar refractivity (Wildman–Crippen MR) is 111 cm³/mol. The van der Waals surface area contributed by atoms with Crippen LogP contribution >= 0.6 is 11.8 Å². The molecule has 7 heteroatoms. The minimum atomic E-state index is -4.40. The first-order chi connectivity index (χ1) is 14.3. The Morgan fingerprint density at radius 2 is 1.90 bits per heavy atom. The molecule has 3 nitrogen and oxygen atoms in total. The van der Waals surface area contributed by atoms with Crippen LogP contribution in [0.2, 0.25) is 0 Å². The summed E-state index contributed by atoms with van der Waals surface area (Å²) in [4.78, 5) is 17.5. The largest absolute Gasteiger partial charge is 0.416 e. The van der Waals surface area contributed by atoms with Crippen LogP contribution in [0.3, 0.4) is 0 Å². The Labute approximate surface area is 176 Å². The van der Waals surface area contributed by atoms with Gasteiger partial charge in [-0.2, -0.15) is 13.2 Å². The predicted octanol–water partition coefficient (Wildman–Crippen LogP) is 6.24. The van der Waals surface area contributed by atoms with Crippen molar-refractivity contribution >= 4 is 28.6 Å². The molecule has 0 spiro atoms. The molecule has 1 heterocycles. The third kappa shape index (κ3) is 3.53. The van der Waals surface area contributed by atoms with Crippen LogP contribution in [0.5, 0.6) is 0 Å². The maximum atomic E-state index is 13.1. The topological polar surface area (TPSA) is 34.9 Å². The summed E-state index contributed by atoms with van der Waals surface area (Å²) in [5.41, 5.74) is 3.60. The molecule has 0 saturated heterocycles. The van der Waals surface area contributed by atoms with Crippen LogP contribution in [0.1, 0.15) is 59.3 Å². The molecule has 156 valence electrons. The SMILES string of the molecule is C[C@@H](Sc1nc2cc(C(F)(F)F)ccc2n1C1CC1)C(=O)c1ccc2c(c1)CCC2. The Morgan fingerprint density at radius 1 is 1.13 bits per heavy atom. The van der Waals surface area contributed by atoms with Gasteiger partial charge in [0.25, 0.3) is 0 Å². The summed E-state index contributed by atoms with van der Waals surface area (Å²) in [6, 6.07) is 9.90. The number of imidazole rings is 1. The van der Waals surface area contributed by atoms with Crippen LogP contribution in [-0.4, -0.2) is 20.6 Å². The van der Waals surface area contributed by atoms with E-state index < -0.39 is 11.7 Å². The Kier molecular flexibility index (Phi) is 4.69. The van der Waals surface area contributed by atoms with Crippen molar-refractivity contribution in [3.8, 4) is 0 Å². The number of carbonyl (C=O) groups is 1. The van der Waals surface area contributed by atoms with Crippen molar-refractivity contribution < 1.29 is 18.0 Å². The summed E-state index contributed by atoms with van der Waals surface area (Å²) in [7, 11) is 0. The zero-order valence-corrected chi connectivity index (χ0v) is 17.3. The average Bonchev–Trinajstić information content (AvgIpc) is 3.31. The Bertz CT molecular complexity index is 1150. The molecule has 0 unspecified atom stereocenters. The van der Waals surface area contributed by atoms with Gasteiger partial charge in [-0.05, 0) is 74.4 Å². The maximum absolute atomic E-state index is 13.1. The van der Waals surface area contributed by atoms with E-state index in [2.05, 4.69) is 4.98 Å². The highest BCUT2D eigenvalue weighted by Gasteiger charge is 2.33. The van der Waals surface area contributed by atoms with Crippen molar-refractivity contribution in [2.24, 2.45) is 0 Å². The molecule has 3 aromatic rings. The Balaban J connectivity index is 1.45. The smallest absolute Gasteiger partial charge is 0.316 e. The maximum Gasteiger partial charge on any atom is 0.416 e. The van der Waals surface area contributed by atoms with Gasteiger partial charge in [0, 0.05) is 11.6 Å². The van der Waals surface area contributed by atoms with Crippen LogP contribution in [-0.2, 0) is 19.0 Å². The molecule has 1 aromatic heterocycles. The van der Waals surface area contributed by atoms with E-state index in [4.69, 9.17) is 0 Å². The molecule has 1 fully saturated rings. The fraction of sp³-hybridized carbons (Fsp3) is 0.391. The number of rotatable bonds is 5. The third-order valence-corrected chi connectivity index (χ3v) is 7.00. The number of carbonyl (C=O) groups excluding carboxylic acids is 1. The van der Waals surface area contributed by atoms with Crippen molar-refractivity contribution in [1.82, 2.24) is 9.55 Å². The van der Waals surface area contributed by atoms with Gasteiger partial charge in [-0.25, -0.2) is 4.98 Å². The quantitative estimate of drug-likeness (QED) is 0.355. The monoisotopic (exact) mass is 430 g/mol. The zero-order valence-electron chi connectivity index (χ0n) is 16.5. The van der Waals surface area contributed by atoms with Gasteiger partial charge < -0.3 is 4.57 Å². The second kappa shape index (κ2) is 7.15. The first-order valence-corrected chi connectivity index (χ1v) is 11.1. The standard InChI is InChI=1S/C23H21F3N2OS/c1-13(21(29)16-6-5-14-3-2-4-15(14)11-16)30-22-27-19-12-17(23(24,25)26)7-10-20(19)28(22)18-8-9-18/h5-7,10-13,18H,2-4,8-9H2,1H3/t13-/m1/s1. The van der Waals surface area contributed by atoms with Gasteiger partial charge in [-0.15, -0.1) is 0 Å². The zero-order chi connectivity index (χ0) is 21.0. The van der Waals surface area contributed by atoms with Gasteiger partial charge in [-0.3, -0.25) is 4.79 Å². The molecular weight excluding hydrogens is 409 g/mol.